The molecule has 0 saturated carbocycles. The van der Waals surface area contributed by atoms with E-state index in [1.54, 1.807) is 6.92 Å². The lowest BCUT2D eigenvalue weighted by molar-refractivity contribution is -0.136. The van der Waals surface area contributed by atoms with Crippen LogP contribution in [0.3, 0.4) is 0 Å². The topological polar surface area (TPSA) is 49.3 Å². The zero-order valence-corrected chi connectivity index (χ0v) is 12.8. The predicted octanol–water partition coefficient (Wildman–Crippen LogP) is 2.95. The molecule has 0 amide bonds. The molecule has 5 heteroatoms. The lowest BCUT2D eigenvalue weighted by atomic mass is 10.1. The second kappa shape index (κ2) is 5.81. The van der Waals surface area contributed by atoms with Gasteiger partial charge in [0.1, 0.15) is 5.25 Å². The Balaban J connectivity index is 2.56. The quantitative estimate of drug-likeness (QED) is 0.672. The summed E-state index contributed by atoms with van der Waals surface area (Å²) in [5.41, 5.74) is 1.02. The molecule has 0 fully saturated rings. The highest BCUT2D eigenvalue weighted by molar-refractivity contribution is 8.01. The number of anilines is 1. The standard InChI is InChI=1S/C14H16NO2PS/c1-8(14(16)17)19-12-7-11(15-2)9-5-3-4-6-10(9)13(12)18/h3-8,15H,18H2,1-2H3,(H,16,17). The number of carboxylic acids is 1. The van der Waals surface area contributed by atoms with Gasteiger partial charge in [-0.25, -0.2) is 0 Å². The Labute approximate surface area is 119 Å². The molecule has 0 spiro atoms. The highest BCUT2D eigenvalue weighted by atomic mass is 32.2. The van der Waals surface area contributed by atoms with Gasteiger partial charge in [0, 0.05) is 23.0 Å². The normalized spacial score (nSPS) is 12.4. The van der Waals surface area contributed by atoms with E-state index in [9.17, 15) is 4.79 Å². The first-order chi connectivity index (χ1) is 9.04. The van der Waals surface area contributed by atoms with Crippen LogP contribution in [0.4, 0.5) is 5.69 Å². The molecule has 0 heterocycles. The van der Waals surface area contributed by atoms with Gasteiger partial charge in [-0.05, 0) is 23.7 Å². The zero-order valence-electron chi connectivity index (χ0n) is 10.8. The molecule has 0 aliphatic carbocycles. The molecule has 100 valence electrons. The van der Waals surface area contributed by atoms with Crippen LogP contribution in [0.1, 0.15) is 6.92 Å². The monoisotopic (exact) mass is 293 g/mol. The first-order valence-corrected chi connectivity index (χ1v) is 7.38. The second-order valence-electron chi connectivity index (χ2n) is 4.23. The van der Waals surface area contributed by atoms with E-state index < -0.39 is 11.2 Å². The van der Waals surface area contributed by atoms with Crippen molar-refractivity contribution in [2.45, 2.75) is 17.1 Å². The number of rotatable bonds is 4. The second-order valence-corrected chi connectivity index (χ2v) is 6.19. The number of carboxylic acid groups (broad SMARTS) is 1. The van der Waals surface area contributed by atoms with Gasteiger partial charge in [-0.2, -0.15) is 0 Å². The van der Waals surface area contributed by atoms with Crippen LogP contribution in [0.2, 0.25) is 0 Å². The summed E-state index contributed by atoms with van der Waals surface area (Å²) in [4.78, 5) is 12.0. The van der Waals surface area contributed by atoms with Crippen LogP contribution in [0.5, 0.6) is 0 Å². The minimum atomic E-state index is -0.798. The van der Waals surface area contributed by atoms with Crippen molar-refractivity contribution >= 4 is 48.7 Å². The third-order valence-electron chi connectivity index (χ3n) is 2.97. The molecule has 0 bridgehead atoms. The van der Waals surface area contributed by atoms with E-state index in [2.05, 4.69) is 20.6 Å². The molecule has 0 aliphatic heterocycles. The van der Waals surface area contributed by atoms with Crippen LogP contribution in [0.15, 0.2) is 35.2 Å². The van der Waals surface area contributed by atoms with Gasteiger partial charge in [-0.3, -0.25) is 4.79 Å². The maximum atomic E-state index is 11.0. The molecule has 0 radical (unpaired) electrons. The van der Waals surface area contributed by atoms with Crippen LogP contribution >= 0.6 is 21.0 Å². The number of hydrogen-bond acceptors (Lipinski definition) is 3. The summed E-state index contributed by atoms with van der Waals surface area (Å²) in [5, 5.41) is 15.0. The van der Waals surface area contributed by atoms with Gasteiger partial charge in [0.2, 0.25) is 0 Å². The molecule has 0 aliphatic rings. The van der Waals surface area contributed by atoms with E-state index in [0.717, 1.165) is 26.7 Å². The summed E-state index contributed by atoms with van der Waals surface area (Å²) in [6, 6.07) is 10.1. The van der Waals surface area contributed by atoms with Gasteiger partial charge in [0.05, 0.1) is 0 Å². The minimum absolute atomic E-state index is 0.467. The number of thioether (sulfide) groups is 1. The molecule has 0 saturated heterocycles. The Kier molecular flexibility index (Phi) is 4.33. The highest BCUT2D eigenvalue weighted by Crippen LogP contribution is 2.32. The Bertz CT molecular complexity index is 630. The van der Waals surface area contributed by atoms with E-state index in [1.807, 2.05) is 31.3 Å². The Morgan fingerprint density at radius 2 is 2.00 bits per heavy atom. The van der Waals surface area contributed by atoms with Gasteiger partial charge in [-0.1, -0.05) is 24.3 Å². The van der Waals surface area contributed by atoms with Crippen molar-refractivity contribution in [2.75, 3.05) is 12.4 Å². The number of benzene rings is 2. The van der Waals surface area contributed by atoms with Gasteiger partial charge in [-0.15, -0.1) is 21.0 Å². The van der Waals surface area contributed by atoms with E-state index in [-0.39, 0.29) is 0 Å². The number of carbonyl (C=O) groups is 1. The van der Waals surface area contributed by atoms with Gasteiger partial charge >= 0.3 is 5.97 Å². The largest absolute Gasteiger partial charge is 0.480 e. The van der Waals surface area contributed by atoms with Crippen LogP contribution in [-0.4, -0.2) is 23.4 Å². The Morgan fingerprint density at radius 1 is 1.37 bits per heavy atom. The van der Waals surface area contributed by atoms with E-state index >= 15 is 0 Å². The van der Waals surface area contributed by atoms with E-state index in [0.29, 0.717) is 0 Å². The highest BCUT2D eigenvalue weighted by Gasteiger charge is 2.16. The lowest BCUT2D eigenvalue weighted by Gasteiger charge is -2.15. The summed E-state index contributed by atoms with van der Waals surface area (Å²) in [7, 11) is 4.60. The van der Waals surface area contributed by atoms with Crippen molar-refractivity contribution in [3.8, 4) is 0 Å². The summed E-state index contributed by atoms with van der Waals surface area (Å²) >= 11 is 1.36. The van der Waals surface area contributed by atoms with Crippen LogP contribution in [0, 0.1) is 0 Å². The summed E-state index contributed by atoms with van der Waals surface area (Å²) in [6.07, 6.45) is 0. The molecular weight excluding hydrogens is 277 g/mol. The molecule has 2 rings (SSSR count). The first kappa shape index (κ1) is 14.2. The SMILES string of the molecule is CNc1cc(SC(C)C(=O)O)c(P)c2ccccc12. The summed E-state index contributed by atoms with van der Waals surface area (Å²) in [5.74, 6) is -0.798. The fraction of sp³-hybridized carbons (Fsp3) is 0.214. The lowest BCUT2D eigenvalue weighted by Crippen LogP contribution is -2.13. The third-order valence-corrected chi connectivity index (χ3v) is 4.95. The maximum Gasteiger partial charge on any atom is 0.316 e. The Morgan fingerprint density at radius 3 is 2.58 bits per heavy atom. The predicted molar refractivity (Wildman–Crippen MR) is 85.8 cm³/mol. The molecular formula is C14H16NO2PS. The number of fused-ring (bicyclic) bond motifs is 1. The molecule has 2 N–H and O–H groups in total. The average molecular weight is 293 g/mol. The molecule has 19 heavy (non-hydrogen) atoms. The van der Waals surface area contributed by atoms with Crippen molar-refractivity contribution in [1.29, 1.82) is 0 Å². The fourth-order valence-electron chi connectivity index (χ4n) is 1.92. The number of nitrogens with one attached hydrogen (secondary N) is 1. The minimum Gasteiger partial charge on any atom is -0.480 e. The van der Waals surface area contributed by atoms with Gasteiger partial charge in [0.15, 0.2) is 0 Å². The van der Waals surface area contributed by atoms with Gasteiger partial charge < -0.3 is 10.4 Å². The van der Waals surface area contributed by atoms with Crippen LogP contribution in [-0.2, 0) is 4.79 Å². The van der Waals surface area contributed by atoms with Crippen LogP contribution in [0.25, 0.3) is 10.8 Å². The molecule has 2 atom stereocenters. The van der Waals surface area contributed by atoms with E-state index in [4.69, 9.17) is 5.11 Å². The summed E-state index contributed by atoms with van der Waals surface area (Å²) < 4.78 is 0. The average Bonchev–Trinajstić information content (AvgIpc) is 2.41. The molecule has 0 aromatic heterocycles. The maximum absolute atomic E-state index is 11.0. The smallest absolute Gasteiger partial charge is 0.316 e. The van der Waals surface area contributed by atoms with Crippen molar-refractivity contribution < 1.29 is 9.90 Å². The first-order valence-electron chi connectivity index (χ1n) is 5.93. The number of hydrogen-bond donors (Lipinski definition) is 2. The number of aliphatic carboxylic acids is 1. The fourth-order valence-corrected chi connectivity index (χ4v) is 3.36. The van der Waals surface area contributed by atoms with Crippen molar-refractivity contribution in [2.24, 2.45) is 0 Å². The molecule has 3 nitrogen and oxygen atoms in total. The van der Waals surface area contributed by atoms with Gasteiger partial charge in [0.25, 0.3) is 0 Å². The van der Waals surface area contributed by atoms with Crippen molar-refractivity contribution in [3.63, 3.8) is 0 Å². The Hall–Kier alpha value is -1.25. The molecule has 2 unspecified atom stereocenters. The molecule has 2 aromatic rings. The molecule has 2 aromatic carbocycles. The third kappa shape index (κ3) is 2.85. The van der Waals surface area contributed by atoms with E-state index in [1.165, 1.54) is 11.8 Å². The zero-order chi connectivity index (χ0) is 14.0. The summed E-state index contributed by atoms with van der Waals surface area (Å²) in [6.45, 7) is 1.70. The van der Waals surface area contributed by atoms with Crippen molar-refractivity contribution in [1.82, 2.24) is 0 Å². The van der Waals surface area contributed by atoms with Crippen molar-refractivity contribution in [3.05, 3.63) is 30.3 Å². The van der Waals surface area contributed by atoms with Crippen LogP contribution < -0.4 is 10.6 Å².